The fraction of sp³-hybridized carbons (Fsp3) is 0.846. The Bertz CT molecular complexity index is 545. The monoisotopic (exact) mass is 350 g/mol. The van der Waals surface area contributed by atoms with Gasteiger partial charge in [-0.2, -0.15) is 4.31 Å². The smallest absolute Gasteiger partial charge is 0.318 e. The molecule has 0 spiro atoms. The van der Waals surface area contributed by atoms with Crippen molar-refractivity contribution in [1.29, 1.82) is 0 Å². The molecule has 2 fully saturated rings. The van der Waals surface area contributed by atoms with E-state index in [1.54, 1.807) is 4.90 Å². The zero-order valence-corrected chi connectivity index (χ0v) is 13.8. The molecule has 1 N–H and O–H groups in total. The van der Waals surface area contributed by atoms with Gasteiger partial charge in [0.15, 0.2) is 0 Å². The second kappa shape index (κ2) is 7.56. The number of sulfonamides is 1. The second-order valence-corrected chi connectivity index (χ2v) is 7.71. The number of amides is 1. The van der Waals surface area contributed by atoms with Crippen LogP contribution in [0.25, 0.3) is 0 Å². The third-order valence-corrected chi connectivity index (χ3v) is 5.06. The van der Waals surface area contributed by atoms with Crippen LogP contribution in [0.4, 0.5) is 0 Å². The molecule has 0 aromatic heterocycles. The Morgan fingerprint density at radius 1 is 1.30 bits per heavy atom. The molecule has 10 heteroatoms. The van der Waals surface area contributed by atoms with Gasteiger partial charge < -0.3 is 19.5 Å². The Labute approximate surface area is 135 Å². The van der Waals surface area contributed by atoms with E-state index in [0.717, 1.165) is 17.0 Å². The Morgan fingerprint density at radius 2 is 2.04 bits per heavy atom. The molecule has 0 aliphatic carbocycles. The number of rotatable bonds is 6. The Balaban J connectivity index is 1.96. The van der Waals surface area contributed by atoms with Gasteiger partial charge >= 0.3 is 5.97 Å². The minimum atomic E-state index is -3.67. The van der Waals surface area contributed by atoms with Crippen molar-refractivity contribution < 1.29 is 32.6 Å². The number of carbonyl (C=O) groups is 2. The molecule has 2 rings (SSSR count). The van der Waals surface area contributed by atoms with Crippen molar-refractivity contribution in [2.24, 2.45) is 0 Å². The zero-order chi connectivity index (χ0) is 17.0. The average molecular weight is 350 g/mol. The average Bonchev–Trinajstić information content (AvgIpc) is 2.99. The zero-order valence-electron chi connectivity index (χ0n) is 13.0. The summed E-state index contributed by atoms with van der Waals surface area (Å²) in [7, 11) is -3.67. The van der Waals surface area contributed by atoms with Crippen LogP contribution in [0, 0.1) is 0 Å². The summed E-state index contributed by atoms with van der Waals surface area (Å²) >= 11 is 0. The first-order valence-corrected chi connectivity index (χ1v) is 9.31. The summed E-state index contributed by atoms with van der Waals surface area (Å²) in [6, 6.07) is 0. The predicted molar refractivity (Wildman–Crippen MR) is 79.3 cm³/mol. The van der Waals surface area contributed by atoms with E-state index in [-0.39, 0.29) is 25.6 Å². The number of hydrogen-bond acceptors (Lipinski definition) is 6. The van der Waals surface area contributed by atoms with Crippen molar-refractivity contribution in [3.8, 4) is 0 Å². The topological polar surface area (TPSA) is 113 Å². The molecule has 2 aliphatic rings. The highest BCUT2D eigenvalue weighted by Crippen LogP contribution is 2.17. The fourth-order valence-corrected chi connectivity index (χ4v) is 3.48. The predicted octanol–water partition coefficient (Wildman–Crippen LogP) is -1.26. The van der Waals surface area contributed by atoms with Gasteiger partial charge in [-0.15, -0.1) is 0 Å². The van der Waals surface area contributed by atoms with Crippen molar-refractivity contribution in [1.82, 2.24) is 9.21 Å². The van der Waals surface area contributed by atoms with Gasteiger partial charge in [0.05, 0.1) is 19.0 Å². The molecule has 0 aromatic carbocycles. The van der Waals surface area contributed by atoms with E-state index in [0.29, 0.717) is 19.6 Å². The number of carboxylic acids is 1. The molecule has 2 heterocycles. The molecule has 23 heavy (non-hydrogen) atoms. The first kappa shape index (κ1) is 18.1. The molecule has 2 aliphatic heterocycles. The Hall–Kier alpha value is -1.23. The maximum atomic E-state index is 12.3. The van der Waals surface area contributed by atoms with Crippen molar-refractivity contribution >= 4 is 21.9 Å². The highest BCUT2D eigenvalue weighted by Gasteiger charge is 2.33. The lowest BCUT2D eigenvalue weighted by atomic mass is 10.2. The van der Waals surface area contributed by atoms with Gasteiger partial charge in [-0.3, -0.25) is 9.59 Å². The number of aliphatic carboxylic acids is 1. The number of carbonyl (C=O) groups excluding carboxylic acids is 1. The summed E-state index contributed by atoms with van der Waals surface area (Å²) in [5.74, 6) is -1.35. The highest BCUT2D eigenvalue weighted by atomic mass is 32.2. The molecule has 1 amide bonds. The van der Waals surface area contributed by atoms with Crippen molar-refractivity contribution in [2.45, 2.75) is 25.0 Å². The Kier molecular flexibility index (Phi) is 5.95. The normalized spacial score (nSPS) is 25.7. The largest absolute Gasteiger partial charge is 0.480 e. The number of carboxylic acid groups (broad SMARTS) is 1. The van der Waals surface area contributed by atoms with Crippen LogP contribution in [0.15, 0.2) is 0 Å². The summed E-state index contributed by atoms with van der Waals surface area (Å²) in [4.78, 5) is 24.7. The van der Waals surface area contributed by atoms with Crippen molar-refractivity contribution in [2.75, 3.05) is 45.6 Å². The number of hydrogen-bond donors (Lipinski definition) is 1. The van der Waals surface area contributed by atoms with E-state index in [1.807, 2.05) is 0 Å². The SMILES string of the molecule is CS(=O)(=O)N(CC(=O)O)CC1CN(C(=O)C2CCCO2)CCO1. The molecule has 0 bridgehead atoms. The number of ether oxygens (including phenoxy) is 2. The minimum Gasteiger partial charge on any atom is -0.480 e. The lowest BCUT2D eigenvalue weighted by Gasteiger charge is -2.35. The van der Waals surface area contributed by atoms with E-state index < -0.39 is 34.7 Å². The van der Waals surface area contributed by atoms with Gasteiger partial charge in [-0.05, 0) is 12.8 Å². The summed E-state index contributed by atoms with van der Waals surface area (Å²) in [5.41, 5.74) is 0. The van der Waals surface area contributed by atoms with Gasteiger partial charge in [-0.25, -0.2) is 8.42 Å². The van der Waals surface area contributed by atoms with Gasteiger partial charge in [-0.1, -0.05) is 0 Å². The maximum absolute atomic E-state index is 12.3. The highest BCUT2D eigenvalue weighted by molar-refractivity contribution is 7.88. The van der Waals surface area contributed by atoms with E-state index in [2.05, 4.69) is 0 Å². The van der Waals surface area contributed by atoms with Crippen LogP contribution in [-0.4, -0.2) is 92.5 Å². The van der Waals surface area contributed by atoms with Gasteiger partial charge in [0.25, 0.3) is 5.91 Å². The molecule has 2 saturated heterocycles. The first-order chi connectivity index (χ1) is 10.8. The van der Waals surface area contributed by atoms with E-state index in [1.165, 1.54) is 0 Å². The first-order valence-electron chi connectivity index (χ1n) is 7.46. The van der Waals surface area contributed by atoms with E-state index >= 15 is 0 Å². The van der Waals surface area contributed by atoms with Crippen LogP contribution in [0.5, 0.6) is 0 Å². The summed E-state index contributed by atoms with van der Waals surface area (Å²) in [6.45, 7) is 0.786. The molecule has 0 aromatic rings. The lowest BCUT2D eigenvalue weighted by molar-refractivity contribution is -0.149. The third-order valence-electron chi connectivity index (χ3n) is 3.84. The van der Waals surface area contributed by atoms with Crippen LogP contribution in [0.3, 0.4) is 0 Å². The summed E-state index contributed by atoms with van der Waals surface area (Å²) in [6.07, 6.45) is 1.51. The summed E-state index contributed by atoms with van der Waals surface area (Å²) in [5, 5.41) is 8.83. The van der Waals surface area contributed by atoms with E-state index in [4.69, 9.17) is 14.6 Å². The van der Waals surface area contributed by atoms with Crippen LogP contribution < -0.4 is 0 Å². The molecule has 9 nitrogen and oxygen atoms in total. The molecule has 2 unspecified atom stereocenters. The number of nitrogens with zero attached hydrogens (tertiary/aromatic N) is 2. The summed E-state index contributed by atoms with van der Waals surface area (Å²) < 4.78 is 35.1. The minimum absolute atomic E-state index is 0.0968. The molecule has 0 radical (unpaired) electrons. The Morgan fingerprint density at radius 3 is 2.61 bits per heavy atom. The quantitative estimate of drug-likeness (QED) is 0.636. The van der Waals surface area contributed by atoms with Crippen LogP contribution in [0.2, 0.25) is 0 Å². The van der Waals surface area contributed by atoms with Crippen molar-refractivity contribution in [3.63, 3.8) is 0 Å². The van der Waals surface area contributed by atoms with Gasteiger partial charge in [0.1, 0.15) is 12.6 Å². The van der Waals surface area contributed by atoms with Crippen LogP contribution >= 0.6 is 0 Å². The molecule has 2 atom stereocenters. The standard InChI is InChI=1S/C13H22N2O7S/c1-23(19,20)15(9-12(16)17)8-10-7-14(4-6-21-10)13(18)11-3-2-5-22-11/h10-11H,2-9H2,1H3,(H,16,17). The lowest BCUT2D eigenvalue weighted by Crippen LogP contribution is -2.53. The van der Waals surface area contributed by atoms with Crippen LogP contribution in [-0.2, 0) is 29.1 Å². The second-order valence-electron chi connectivity index (χ2n) is 5.73. The molecule has 132 valence electrons. The van der Waals surface area contributed by atoms with Crippen molar-refractivity contribution in [3.05, 3.63) is 0 Å². The molecular formula is C13H22N2O7S. The third kappa shape index (κ3) is 5.13. The van der Waals surface area contributed by atoms with Gasteiger partial charge in [0, 0.05) is 26.2 Å². The molecule has 0 saturated carbocycles. The maximum Gasteiger partial charge on any atom is 0.318 e. The molecular weight excluding hydrogens is 328 g/mol. The number of morpholine rings is 1. The fourth-order valence-electron chi connectivity index (χ4n) is 2.70. The van der Waals surface area contributed by atoms with Crippen LogP contribution in [0.1, 0.15) is 12.8 Å². The van der Waals surface area contributed by atoms with Gasteiger partial charge in [0.2, 0.25) is 10.0 Å². The van der Waals surface area contributed by atoms with E-state index in [9.17, 15) is 18.0 Å².